The molecule has 3 rings (SSSR count). The van der Waals surface area contributed by atoms with Crippen LogP contribution in [0.4, 0.5) is 0 Å². The van der Waals surface area contributed by atoms with Crippen LogP contribution in [0.15, 0.2) is 66.0 Å². The van der Waals surface area contributed by atoms with Gasteiger partial charge >= 0.3 is 0 Å². The third-order valence-corrected chi connectivity index (χ3v) is 5.83. The summed E-state index contributed by atoms with van der Waals surface area (Å²) >= 11 is 0. The van der Waals surface area contributed by atoms with E-state index in [0.717, 1.165) is 16.8 Å². The van der Waals surface area contributed by atoms with Crippen LogP contribution < -0.4 is 5.32 Å². The molecule has 0 aliphatic carbocycles. The standard InChI is InChI=1S/C19H20N4O3S/c1-23-18(7-9-22-23)16-11-15(12-20-14-16)13-21-19(24)8-10-27(25,26)17-5-3-2-4-6-17/h2-7,9,11-12,14H,8,10,13H2,1H3,(H,21,24). The fourth-order valence-electron chi connectivity index (χ4n) is 2.64. The van der Waals surface area contributed by atoms with Crippen LogP contribution in [-0.2, 0) is 28.2 Å². The minimum atomic E-state index is -3.46. The van der Waals surface area contributed by atoms with E-state index in [2.05, 4.69) is 15.4 Å². The largest absolute Gasteiger partial charge is 0.352 e. The maximum Gasteiger partial charge on any atom is 0.221 e. The van der Waals surface area contributed by atoms with E-state index in [4.69, 9.17) is 0 Å². The van der Waals surface area contributed by atoms with E-state index >= 15 is 0 Å². The SMILES string of the molecule is Cn1nccc1-c1cncc(CNC(=O)CCS(=O)(=O)c2ccccc2)c1. The number of carbonyl (C=O) groups excluding carboxylic acids is 1. The van der Waals surface area contributed by atoms with Crippen molar-refractivity contribution in [1.29, 1.82) is 0 Å². The number of benzene rings is 1. The summed E-state index contributed by atoms with van der Waals surface area (Å²) in [6.07, 6.45) is 5.01. The molecule has 0 unspecified atom stereocenters. The van der Waals surface area contributed by atoms with Gasteiger partial charge in [0.1, 0.15) is 0 Å². The molecule has 0 spiro atoms. The van der Waals surface area contributed by atoms with Gasteiger partial charge in [-0.1, -0.05) is 18.2 Å². The Kier molecular flexibility index (Phi) is 5.66. The first-order chi connectivity index (χ1) is 13.0. The van der Waals surface area contributed by atoms with Crippen LogP contribution in [0, 0.1) is 0 Å². The smallest absolute Gasteiger partial charge is 0.221 e. The third kappa shape index (κ3) is 4.79. The van der Waals surface area contributed by atoms with Gasteiger partial charge in [0.05, 0.1) is 16.3 Å². The fraction of sp³-hybridized carbons (Fsp3) is 0.211. The Labute approximate surface area is 158 Å². The Morgan fingerprint density at radius 1 is 1.15 bits per heavy atom. The first-order valence-electron chi connectivity index (χ1n) is 8.42. The van der Waals surface area contributed by atoms with Gasteiger partial charge in [-0.25, -0.2) is 8.42 Å². The average Bonchev–Trinajstić information content (AvgIpc) is 3.12. The van der Waals surface area contributed by atoms with Gasteiger partial charge in [0.15, 0.2) is 9.84 Å². The van der Waals surface area contributed by atoms with Crippen LogP contribution in [0.1, 0.15) is 12.0 Å². The molecular formula is C19H20N4O3S. The predicted molar refractivity (Wildman–Crippen MR) is 101 cm³/mol. The summed E-state index contributed by atoms with van der Waals surface area (Å²) in [5, 5.41) is 6.88. The van der Waals surface area contributed by atoms with Crippen LogP contribution in [0.3, 0.4) is 0 Å². The van der Waals surface area contributed by atoms with Crippen LogP contribution in [0.25, 0.3) is 11.3 Å². The molecule has 27 heavy (non-hydrogen) atoms. The molecule has 0 saturated heterocycles. The average molecular weight is 384 g/mol. The van der Waals surface area contributed by atoms with Gasteiger partial charge < -0.3 is 5.32 Å². The summed E-state index contributed by atoms with van der Waals surface area (Å²) in [6.45, 7) is 0.281. The second-order valence-electron chi connectivity index (χ2n) is 6.08. The fourth-order valence-corrected chi connectivity index (χ4v) is 3.90. The number of sulfone groups is 1. The molecule has 0 atom stereocenters. The molecule has 8 heteroatoms. The van der Waals surface area contributed by atoms with E-state index in [0.29, 0.717) is 0 Å². The van der Waals surface area contributed by atoms with Crippen molar-refractivity contribution < 1.29 is 13.2 Å². The summed E-state index contributed by atoms with van der Waals surface area (Å²) in [7, 11) is -1.62. The summed E-state index contributed by atoms with van der Waals surface area (Å²) in [5.41, 5.74) is 2.64. The minimum Gasteiger partial charge on any atom is -0.352 e. The molecule has 2 heterocycles. The zero-order chi connectivity index (χ0) is 19.3. The normalized spacial score (nSPS) is 11.3. The van der Waals surface area contributed by atoms with Crippen molar-refractivity contribution in [1.82, 2.24) is 20.1 Å². The van der Waals surface area contributed by atoms with Crippen LogP contribution in [0.5, 0.6) is 0 Å². The quantitative estimate of drug-likeness (QED) is 0.672. The number of nitrogens with one attached hydrogen (secondary N) is 1. The van der Waals surface area contributed by atoms with E-state index < -0.39 is 9.84 Å². The summed E-state index contributed by atoms with van der Waals surface area (Å²) < 4.78 is 26.2. The Hall–Kier alpha value is -3.00. The number of pyridine rings is 1. The van der Waals surface area contributed by atoms with Gasteiger partial charge in [-0.2, -0.15) is 5.10 Å². The molecule has 1 aromatic carbocycles. The second-order valence-corrected chi connectivity index (χ2v) is 8.19. The van der Waals surface area contributed by atoms with E-state index in [1.807, 2.05) is 19.2 Å². The predicted octanol–water partition coefficient (Wildman–Crippen LogP) is 1.96. The van der Waals surface area contributed by atoms with E-state index in [1.54, 1.807) is 41.5 Å². The third-order valence-electron chi connectivity index (χ3n) is 4.10. The van der Waals surface area contributed by atoms with Crippen molar-refractivity contribution in [2.24, 2.45) is 7.05 Å². The molecule has 140 valence electrons. The zero-order valence-corrected chi connectivity index (χ0v) is 15.7. The molecular weight excluding hydrogens is 364 g/mol. The highest BCUT2D eigenvalue weighted by Gasteiger charge is 2.16. The van der Waals surface area contributed by atoms with Crippen molar-refractivity contribution in [3.05, 3.63) is 66.6 Å². The summed E-state index contributed by atoms with van der Waals surface area (Å²) in [4.78, 5) is 16.5. The first kappa shape index (κ1) is 18.8. The van der Waals surface area contributed by atoms with Crippen molar-refractivity contribution in [2.75, 3.05) is 5.75 Å². The zero-order valence-electron chi connectivity index (χ0n) is 14.9. The lowest BCUT2D eigenvalue weighted by molar-refractivity contribution is -0.120. The van der Waals surface area contributed by atoms with Crippen molar-refractivity contribution in [3.63, 3.8) is 0 Å². The van der Waals surface area contributed by atoms with E-state index in [1.165, 1.54) is 12.1 Å². The van der Waals surface area contributed by atoms with Crippen molar-refractivity contribution >= 4 is 15.7 Å². The highest BCUT2D eigenvalue weighted by molar-refractivity contribution is 7.91. The Morgan fingerprint density at radius 2 is 1.93 bits per heavy atom. The highest BCUT2D eigenvalue weighted by atomic mass is 32.2. The first-order valence-corrected chi connectivity index (χ1v) is 10.1. The number of nitrogens with zero attached hydrogens (tertiary/aromatic N) is 3. The molecule has 0 fully saturated rings. The van der Waals surface area contributed by atoms with E-state index in [9.17, 15) is 13.2 Å². The van der Waals surface area contributed by atoms with Gasteiger partial charge in [-0.3, -0.25) is 14.5 Å². The Morgan fingerprint density at radius 3 is 2.63 bits per heavy atom. The molecule has 0 saturated carbocycles. The number of amides is 1. The van der Waals surface area contributed by atoms with Gasteiger partial charge in [0.25, 0.3) is 0 Å². The molecule has 1 N–H and O–H groups in total. The van der Waals surface area contributed by atoms with Gasteiger partial charge in [0, 0.05) is 44.2 Å². The molecule has 0 radical (unpaired) electrons. The number of aryl methyl sites for hydroxylation is 1. The molecule has 3 aromatic rings. The highest BCUT2D eigenvalue weighted by Crippen LogP contribution is 2.18. The number of hydrogen-bond acceptors (Lipinski definition) is 5. The minimum absolute atomic E-state index is 0.0912. The van der Waals surface area contributed by atoms with E-state index in [-0.39, 0.29) is 29.5 Å². The molecule has 7 nitrogen and oxygen atoms in total. The lowest BCUT2D eigenvalue weighted by Gasteiger charge is -2.08. The Balaban J connectivity index is 1.56. The van der Waals surface area contributed by atoms with Crippen LogP contribution in [0.2, 0.25) is 0 Å². The van der Waals surface area contributed by atoms with Gasteiger partial charge in [0.2, 0.25) is 5.91 Å². The van der Waals surface area contributed by atoms with Crippen molar-refractivity contribution in [2.45, 2.75) is 17.9 Å². The molecule has 2 aromatic heterocycles. The van der Waals surface area contributed by atoms with Crippen LogP contribution in [-0.4, -0.2) is 34.8 Å². The lowest BCUT2D eigenvalue weighted by atomic mass is 10.1. The van der Waals surface area contributed by atoms with Gasteiger partial charge in [-0.15, -0.1) is 0 Å². The molecule has 1 amide bonds. The summed E-state index contributed by atoms with van der Waals surface area (Å²) in [6, 6.07) is 11.9. The maximum absolute atomic E-state index is 12.2. The monoisotopic (exact) mass is 384 g/mol. The topological polar surface area (TPSA) is 93.9 Å². The summed E-state index contributed by atoms with van der Waals surface area (Å²) in [5.74, 6) is -0.545. The lowest BCUT2D eigenvalue weighted by Crippen LogP contribution is -2.25. The van der Waals surface area contributed by atoms with Crippen molar-refractivity contribution in [3.8, 4) is 11.3 Å². The van der Waals surface area contributed by atoms with Gasteiger partial charge in [-0.05, 0) is 29.8 Å². The number of rotatable bonds is 7. The molecule has 0 aliphatic heterocycles. The second kappa shape index (κ2) is 8.13. The molecule has 0 aliphatic rings. The number of carbonyl (C=O) groups is 1. The number of hydrogen-bond donors (Lipinski definition) is 1. The Bertz CT molecular complexity index is 1030. The number of aromatic nitrogens is 3. The molecule has 0 bridgehead atoms. The maximum atomic E-state index is 12.2. The van der Waals surface area contributed by atoms with Crippen LogP contribution >= 0.6 is 0 Å².